The summed E-state index contributed by atoms with van der Waals surface area (Å²) in [6.07, 6.45) is 4.75. The number of amides is 1. The summed E-state index contributed by atoms with van der Waals surface area (Å²) in [7, 11) is 0. The van der Waals surface area contributed by atoms with Gasteiger partial charge < -0.3 is 14.6 Å². The van der Waals surface area contributed by atoms with E-state index in [-0.39, 0.29) is 17.8 Å². The number of para-hydroxylation sites is 2. The number of carbonyl (C=O) groups excluding carboxylic acids is 1. The van der Waals surface area contributed by atoms with Crippen molar-refractivity contribution in [2.75, 3.05) is 26.2 Å². The Morgan fingerprint density at radius 2 is 1.61 bits per heavy atom. The van der Waals surface area contributed by atoms with Gasteiger partial charge in [0.15, 0.2) is 0 Å². The summed E-state index contributed by atoms with van der Waals surface area (Å²) in [5.41, 5.74) is 4.05. The van der Waals surface area contributed by atoms with Crippen LogP contribution in [0.15, 0.2) is 83.9 Å². The van der Waals surface area contributed by atoms with E-state index in [1.54, 1.807) is 17.3 Å². The van der Waals surface area contributed by atoms with E-state index in [1.807, 2.05) is 59.2 Å². The number of rotatable bonds is 8. The topological polar surface area (TPSA) is 83.5 Å². The van der Waals surface area contributed by atoms with Crippen molar-refractivity contribution in [1.29, 1.82) is 0 Å². The van der Waals surface area contributed by atoms with Crippen LogP contribution in [0.5, 0.6) is 0 Å². The molecule has 1 fully saturated rings. The highest BCUT2D eigenvalue weighted by molar-refractivity contribution is 5.75. The number of aromatic nitrogens is 3. The first-order chi connectivity index (χ1) is 17.7. The minimum Gasteiger partial charge on any atom is -0.448 e. The second-order valence-corrected chi connectivity index (χ2v) is 9.20. The number of carbonyl (C=O) groups is 1. The lowest BCUT2D eigenvalue weighted by Crippen LogP contribution is -2.41. The largest absolute Gasteiger partial charge is 0.448 e. The fourth-order valence-electron chi connectivity index (χ4n) is 4.90. The first kappa shape index (κ1) is 23.8. The van der Waals surface area contributed by atoms with Crippen molar-refractivity contribution in [2.24, 2.45) is 0 Å². The molecule has 0 aliphatic carbocycles. The monoisotopic (exact) mass is 485 g/mol. The Bertz CT molecular complexity index is 1290. The molecule has 0 bridgehead atoms. The van der Waals surface area contributed by atoms with E-state index in [1.165, 1.54) is 11.1 Å². The average molecular weight is 486 g/mol. The summed E-state index contributed by atoms with van der Waals surface area (Å²) in [5, 5.41) is 0. The van der Waals surface area contributed by atoms with Crippen molar-refractivity contribution in [3.63, 3.8) is 0 Å². The van der Waals surface area contributed by atoms with E-state index >= 15 is 0 Å². The van der Waals surface area contributed by atoms with Gasteiger partial charge in [0.25, 0.3) is 0 Å². The molecule has 0 spiro atoms. The van der Waals surface area contributed by atoms with Crippen molar-refractivity contribution in [3.8, 4) is 0 Å². The number of ether oxygens (including phenoxy) is 1. The molecule has 0 saturated carbocycles. The maximum absolute atomic E-state index is 12.8. The lowest BCUT2D eigenvalue weighted by Gasteiger charge is -2.32. The Labute approximate surface area is 210 Å². The summed E-state index contributed by atoms with van der Waals surface area (Å²) in [6.45, 7) is 3.61. The van der Waals surface area contributed by atoms with Crippen molar-refractivity contribution in [3.05, 3.63) is 101 Å². The van der Waals surface area contributed by atoms with E-state index < -0.39 is 0 Å². The number of likely N-dealkylation sites (tertiary alicyclic amines) is 1. The number of piperidine rings is 1. The normalized spacial score (nSPS) is 14.4. The molecule has 8 nitrogen and oxygen atoms in total. The molecule has 8 heteroatoms. The lowest BCUT2D eigenvalue weighted by molar-refractivity contribution is 0.0769. The van der Waals surface area contributed by atoms with Gasteiger partial charge in [0, 0.05) is 51.2 Å². The van der Waals surface area contributed by atoms with Gasteiger partial charge in [-0.15, -0.1) is 0 Å². The molecule has 3 heterocycles. The van der Waals surface area contributed by atoms with E-state index in [0.717, 1.165) is 37.0 Å². The number of nitrogens with zero attached hydrogens (tertiary/aromatic N) is 4. The maximum atomic E-state index is 12.8. The van der Waals surface area contributed by atoms with Crippen LogP contribution < -0.4 is 5.69 Å². The standard InChI is InChI=1S/C28H31N5O3/c34-27-30-25-8-4-5-9-26(25)33(27)24-12-16-32(17-13-24)28(35)36-19-18-31(20-22-6-2-1-3-7-22)21-23-10-14-29-15-11-23/h1-11,14-15,24H,12-13,16-21H2,(H,30,34). The van der Waals surface area contributed by atoms with Crippen LogP contribution in [-0.4, -0.2) is 56.7 Å². The third kappa shape index (κ3) is 5.66. The molecule has 2 aromatic carbocycles. The number of hydrogen-bond donors (Lipinski definition) is 1. The number of aromatic amines is 1. The summed E-state index contributed by atoms with van der Waals surface area (Å²) < 4.78 is 7.50. The second kappa shape index (κ2) is 11.2. The van der Waals surface area contributed by atoms with Crippen molar-refractivity contribution < 1.29 is 9.53 Å². The quantitative estimate of drug-likeness (QED) is 0.404. The Morgan fingerprint density at radius 3 is 2.36 bits per heavy atom. The molecule has 186 valence electrons. The minimum atomic E-state index is -0.289. The minimum absolute atomic E-state index is 0.0689. The van der Waals surface area contributed by atoms with Gasteiger partial charge in [0.2, 0.25) is 0 Å². The van der Waals surface area contributed by atoms with E-state index in [9.17, 15) is 9.59 Å². The maximum Gasteiger partial charge on any atom is 0.409 e. The summed E-state index contributed by atoms with van der Waals surface area (Å²) in [5.74, 6) is 0. The van der Waals surface area contributed by atoms with E-state index in [4.69, 9.17) is 4.74 Å². The number of pyridine rings is 1. The van der Waals surface area contributed by atoms with Gasteiger partial charge in [-0.05, 0) is 48.2 Å². The third-order valence-electron chi connectivity index (χ3n) is 6.75. The first-order valence-corrected chi connectivity index (χ1v) is 12.4. The molecule has 1 aliphatic heterocycles. The Balaban J connectivity index is 1.14. The van der Waals surface area contributed by atoms with Crippen molar-refractivity contribution in [2.45, 2.75) is 32.0 Å². The molecular weight excluding hydrogens is 454 g/mol. The molecule has 0 unspecified atom stereocenters. The molecule has 0 radical (unpaired) electrons. The Hall–Kier alpha value is -3.91. The van der Waals surface area contributed by atoms with Gasteiger partial charge in [-0.25, -0.2) is 9.59 Å². The number of nitrogens with one attached hydrogen (secondary N) is 1. The fraction of sp³-hybridized carbons (Fsp3) is 0.321. The molecule has 36 heavy (non-hydrogen) atoms. The predicted molar refractivity (Wildman–Crippen MR) is 139 cm³/mol. The Morgan fingerprint density at radius 1 is 0.944 bits per heavy atom. The number of imidazole rings is 1. The summed E-state index contributed by atoms with van der Waals surface area (Å²) in [6, 6.07) is 22.1. The summed E-state index contributed by atoms with van der Waals surface area (Å²) in [4.78, 5) is 36.3. The molecule has 2 aromatic heterocycles. The van der Waals surface area contributed by atoms with Gasteiger partial charge >= 0.3 is 11.8 Å². The van der Waals surface area contributed by atoms with E-state index in [0.29, 0.717) is 26.2 Å². The molecule has 4 aromatic rings. The van der Waals surface area contributed by atoms with Gasteiger partial charge in [-0.2, -0.15) is 0 Å². The SMILES string of the molecule is O=C(OCCN(Cc1ccccc1)Cc1ccncc1)N1CCC(n2c(=O)[nH]c3ccccc32)CC1. The third-order valence-corrected chi connectivity index (χ3v) is 6.75. The van der Waals surface area contributed by atoms with Crippen LogP contribution in [0.2, 0.25) is 0 Å². The smallest absolute Gasteiger partial charge is 0.409 e. The number of benzene rings is 2. The van der Waals surface area contributed by atoms with Crippen LogP contribution in [0.4, 0.5) is 4.79 Å². The van der Waals surface area contributed by atoms with E-state index in [2.05, 4.69) is 27.0 Å². The van der Waals surface area contributed by atoms with Gasteiger partial charge in [0.05, 0.1) is 11.0 Å². The van der Waals surface area contributed by atoms with Gasteiger partial charge in [0.1, 0.15) is 6.61 Å². The summed E-state index contributed by atoms with van der Waals surface area (Å²) >= 11 is 0. The molecular formula is C28H31N5O3. The zero-order chi connectivity index (χ0) is 24.7. The molecule has 1 aliphatic rings. The van der Waals surface area contributed by atoms with Crippen molar-refractivity contribution >= 4 is 17.1 Å². The first-order valence-electron chi connectivity index (χ1n) is 12.4. The van der Waals surface area contributed by atoms with Crippen LogP contribution in [0.25, 0.3) is 11.0 Å². The lowest BCUT2D eigenvalue weighted by atomic mass is 10.0. The van der Waals surface area contributed by atoms with Crippen LogP contribution in [0, 0.1) is 0 Å². The zero-order valence-electron chi connectivity index (χ0n) is 20.3. The van der Waals surface area contributed by atoms with Crippen molar-refractivity contribution in [1.82, 2.24) is 24.3 Å². The number of fused-ring (bicyclic) bond motifs is 1. The average Bonchev–Trinajstić information content (AvgIpc) is 3.25. The molecule has 1 N–H and O–H groups in total. The molecule has 1 saturated heterocycles. The van der Waals surface area contributed by atoms with Gasteiger partial charge in [-0.1, -0.05) is 42.5 Å². The fourth-order valence-corrected chi connectivity index (χ4v) is 4.90. The van der Waals surface area contributed by atoms with Crippen LogP contribution >= 0.6 is 0 Å². The molecule has 5 rings (SSSR count). The number of H-pyrrole nitrogens is 1. The highest BCUT2D eigenvalue weighted by Gasteiger charge is 2.27. The number of hydrogen-bond acceptors (Lipinski definition) is 5. The second-order valence-electron chi connectivity index (χ2n) is 9.20. The van der Waals surface area contributed by atoms with Crippen LogP contribution in [0.1, 0.15) is 30.0 Å². The Kier molecular flexibility index (Phi) is 7.42. The highest BCUT2D eigenvalue weighted by atomic mass is 16.6. The van der Waals surface area contributed by atoms with Crippen LogP contribution in [0.3, 0.4) is 0 Å². The predicted octanol–water partition coefficient (Wildman–Crippen LogP) is 4.20. The highest BCUT2D eigenvalue weighted by Crippen LogP contribution is 2.25. The van der Waals surface area contributed by atoms with Gasteiger partial charge in [-0.3, -0.25) is 14.5 Å². The molecule has 0 atom stereocenters. The van der Waals surface area contributed by atoms with Crippen LogP contribution in [-0.2, 0) is 17.8 Å². The zero-order valence-corrected chi connectivity index (χ0v) is 20.3. The molecule has 1 amide bonds.